The molecule has 5 rings (SSSR count). The molecule has 1 unspecified atom stereocenters. The summed E-state index contributed by atoms with van der Waals surface area (Å²) in [6.07, 6.45) is 0.818. The second-order valence-corrected chi connectivity index (χ2v) is 10.2. The first kappa shape index (κ1) is 26.5. The van der Waals surface area contributed by atoms with E-state index in [0.717, 1.165) is 33.4 Å². The average Bonchev–Trinajstić information content (AvgIpc) is 3.32. The van der Waals surface area contributed by atoms with Gasteiger partial charge in [0.2, 0.25) is 5.91 Å². The minimum Gasteiger partial charge on any atom is -0.489 e. The second kappa shape index (κ2) is 11.7. The molecule has 0 fully saturated rings. The van der Waals surface area contributed by atoms with Crippen LogP contribution in [0.2, 0.25) is 5.02 Å². The lowest BCUT2D eigenvalue weighted by atomic mass is 9.94. The summed E-state index contributed by atoms with van der Waals surface area (Å²) in [5.74, 6) is -0.0373. The molecule has 1 aliphatic carbocycles. The molecule has 0 bridgehead atoms. The van der Waals surface area contributed by atoms with Crippen LogP contribution in [0.3, 0.4) is 0 Å². The molecule has 4 aromatic carbocycles. The van der Waals surface area contributed by atoms with Crippen LogP contribution in [0.5, 0.6) is 5.75 Å². The standard InChI is InChI=1S/C33H30ClNO4/c1-2-38-32(37)33(20-27-13-12-25(18-28(27)21-33)24-14-16-29(34)17-15-24)35-31(36)19-26-10-6-7-11-30(26)39-22-23-8-4-3-5-9-23/h3-18H,2,19-22H2,1H3,(H,35,36). The molecule has 1 aliphatic rings. The molecule has 4 aromatic rings. The van der Waals surface area contributed by atoms with Gasteiger partial charge in [-0.3, -0.25) is 4.79 Å². The van der Waals surface area contributed by atoms with Crippen LogP contribution >= 0.6 is 11.6 Å². The molecule has 1 atom stereocenters. The minimum absolute atomic E-state index is 0.0818. The molecule has 1 amide bonds. The maximum Gasteiger partial charge on any atom is 0.332 e. The Morgan fingerprint density at radius 1 is 0.846 bits per heavy atom. The summed E-state index contributed by atoms with van der Waals surface area (Å²) in [7, 11) is 0. The summed E-state index contributed by atoms with van der Waals surface area (Å²) >= 11 is 6.06. The Morgan fingerprint density at radius 2 is 1.54 bits per heavy atom. The van der Waals surface area contributed by atoms with E-state index in [1.54, 1.807) is 6.92 Å². The zero-order chi connectivity index (χ0) is 27.2. The normalized spacial score (nSPS) is 15.8. The number of halogens is 1. The van der Waals surface area contributed by atoms with Gasteiger partial charge in [0.25, 0.3) is 0 Å². The first-order chi connectivity index (χ1) is 19.0. The minimum atomic E-state index is -1.16. The monoisotopic (exact) mass is 539 g/mol. The van der Waals surface area contributed by atoms with Crippen LogP contribution in [0.4, 0.5) is 0 Å². The van der Waals surface area contributed by atoms with Crippen LogP contribution in [0.1, 0.15) is 29.2 Å². The topological polar surface area (TPSA) is 64.6 Å². The van der Waals surface area contributed by atoms with E-state index in [1.165, 1.54) is 0 Å². The van der Waals surface area contributed by atoms with Crippen LogP contribution in [0.15, 0.2) is 97.1 Å². The van der Waals surface area contributed by atoms with E-state index in [0.29, 0.717) is 30.2 Å². The number of hydrogen-bond donors (Lipinski definition) is 1. The summed E-state index contributed by atoms with van der Waals surface area (Å²) in [5, 5.41) is 3.73. The first-order valence-electron chi connectivity index (χ1n) is 13.1. The van der Waals surface area contributed by atoms with Crippen LogP contribution < -0.4 is 10.1 Å². The molecule has 0 aliphatic heterocycles. The van der Waals surface area contributed by atoms with E-state index in [9.17, 15) is 9.59 Å². The fourth-order valence-corrected chi connectivity index (χ4v) is 5.19. The van der Waals surface area contributed by atoms with E-state index in [4.69, 9.17) is 21.1 Å². The van der Waals surface area contributed by atoms with Gasteiger partial charge in [0.05, 0.1) is 13.0 Å². The third-order valence-corrected chi connectivity index (χ3v) is 7.23. The van der Waals surface area contributed by atoms with Crippen LogP contribution in [0, 0.1) is 0 Å². The van der Waals surface area contributed by atoms with Crippen molar-refractivity contribution in [2.24, 2.45) is 0 Å². The molecule has 0 radical (unpaired) electrons. The Labute approximate surface area is 233 Å². The molecule has 0 saturated carbocycles. The molecular weight excluding hydrogens is 510 g/mol. The number of nitrogens with one attached hydrogen (secondary N) is 1. The largest absolute Gasteiger partial charge is 0.489 e. The highest BCUT2D eigenvalue weighted by atomic mass is 35.5. The zero-order valence-corrected chi connectivity index (χ0v) is 22.5. The van der Waals surface area contributed by atoms with E-state index < -0.39 is 11.5 Å². The Bertz CT molecular complexity index is 1470. The van der Waals surface area contributed by atoms with E-state index >= 15 is 0 Å². The fourth-order valence-electron chi connectivity index (χ4n) is 5.06. The molecule has 0 heterocycles. The molecule has 5 nitrogen and oxygen atoms in total. The Kier molecular flexibility index (Phi) is 7.99. The van der Waals surface area contributed by atoms with E-state index in [-0.39, 0.29) is 18.9 Å². The maximum atomic E-state index is 13.4. The van der Waals surface area contributed by atoms with Crippen LogP contribution in [0.25, 0.3) is 11.1 Å². The summed E-state index contributed by atoms with van der Waals surface area (Å²) in [4.78, 5) is 26.7. The number of benzene rings is 4. The number of fused-ring (bicyclic) bond motifs is 1. The van der Waals surface area contributed by atoms with Gasteiger partial charge < -0.3 is 14.8 Å². The quantitative estimate of drug-likeness (QED) is 0.252. The Hall–Kier alpha value is -4.09. The molecule has 0 spiro atoms. The summed E-state index contributed by atoms with van der Waals surface area (Å²) in [6, 6.07) is 31.2. The van der Waals surface area contributed by atoms with Crippen molar-refractivity contribution < 1.29 is 19.1 Å². The lowest BCUT2D eigenvalue weighted by Crippen LogP contribution is -2.56. The van der Waals surface area contributed by atoms with Gasteiger partial charge in [0, 0.05) is 23.4 Å². The van der Waals surface area contributed by atoms with Crippen molar-refractivity contribution >= 4 is 23.5 Å². The molecule has 198 valence electrons. The van der Waals surface area contributed by atoms with Crippen LogP contribution in [-0.2, 0) is 40.2 Å². The summed E-state index contributed by atoms with van der Waals surface area (Å²) in [5.41, 5.74) is 4.74. The number of amides is 1. The number of para-hydroxylation sites is 1. The van der Waals surface area contributed by atoms with Gasteiger partial charge in [-0.2, -0.15) is 0 Å². The molecule has 0 aromatic heterocycles. The molecule has 39 heavy (non-hydrogen) atoms. The van der Waals surface area contributed by atoms with Gasteiger partial charge in [0.15, 0.2) is 0 Å². The van der Waals surface area contributed by atoms with Crippen molar-refractivity contribution in [2.45, 2.75) is 38.3 Å². The smallest absolute Gasteiger partial charge is 0.332 e. The average molecular weight is 540 g/mol. The molecule has 0 saturated heterocycles. The highest BCUT2D eigenvalue weighted by molar-refractivity contribution is 6.30. The second-order valence-electron chi connectivity index (χ2n) is 9.75. The van der Waals surface area contributed by atoms with E-state index in [1.807, 2.05) is 91.0 Å². The van der Waals surface area contributed by atoms with E-state index in [2.05, 4.69) is 11.4 Å². The molecule has 6 heteroatoms. The van der Waals surface area contributed by atoms with Gasteiger partial charge in [-0.15, -0.1) is 0 Å². The van der Waals surface area contributed by atoms with Gasteiger partial charge in [0.1, 0.15) is 17.9 Å². The van der Waals surface area contributed by atoms with Crippen molar-refractivity contribution in [3.05, 3.63) is 124 Å². The Morgan fingerprint density at radius 3 is 2.31 bits per heavy atom. The Balaban J connectivity index is 1.33. The number of rotatable bonds is 9. The lowest BCUT2D eigenvalue weighted by molar-refractivity contribution is -0.153. The van der Waals surface area contributed by atoms with Gasteiger partial charge in [-0.05, 0) is 52.9 Å². The van der Waals surface area contributed by atoms with Crippen molar-refractivity contribution in [2.75, 3.05) is 6.61 Å². The third kappa shape index (κ3) is 6.15. The van der Waals surface area contributed by atoms with Crippen molar-refractivity contribution in [3.63, 3.8) is 0 Å². The fraction of sp³-hybridized carbons (Fsp3) is 0.212. The highest BCUT2D eigenvalue weighted by Gasteiger charge is 2.46. The zero-order valence-electron chi connectivity index (χ0n) is 21.8. The van der Waals surface area contributed by atoms with Crippen molar-refractivity contribution in [1.82, 2.24) is 5.32 Å². The number of ether oxygens (including phenoxy) is 2. The molecule has 1 N–H and O–H groups in total. The SMILES string of the molecule is CCOC(=O)C1(NC(=O)Cc2ccccc2OCc2ccccc2)Cc2ccc(-c3ccc(Cl)cc3)cc2C1. The predicted molar refractivity (Wildman–Crippen MR) is 153 cm³/mol. The maximum absolute atomic E-state index is 13.4. The highest BCUT2D eigenvalue weighted by Crippen LogP contribution is 2.35. The summed E-state index contributed by atoms with van der Waals surface area (Å²) in [6.45, 7) is 2.41. The van der Waals surface area contributed by atoms with Gasteiger partial charge >= 0.3 is 5.97 Å². The van der Waals surface area contributed by atoms with Gasteiger partial charge in [-0.1, -0.05) is 90.5 Å². The van der Waals surface area contributed by atoms with Crippen LogP contribution in [-0.4, -0.2) is 24.0 Å². The predicted octanol–water partition coefficient (Wildman–Crippen LogP) is 6.35. The first-order valence-corrected chi connectivity index (χ1v) is 13.4. The summed E-state index contributed by atoms with van der Waals surface area (Å²) < 4.78 is 11.5. The number of hydrogen-bond acceptors (Lipinski definition) is 4. The lowest BCUT2D eigenvalue weighted by Gasteiger charge is -2.28. The van der Waals surface area contributed by atoms with Crippen molar-refractivity contribution in [1.29, 1.82) is 0 Å². The number of carbonyl (C=O) groups is 2. The number of esters is 1. The molecular formula is C33H30ClNO4. The third-order valence-electron chi connectivity index (χ3n) is 6.97. The van der Waals surface area contributed by atoms with Gasteiger partial charge in [-0.25, -0.2) is 4.79 Å². The number of carbonyl (C=O) groups excluding carboxylic acids is 2. The van der Waals surface area contributed by atoms with Crippen molar-refractivity contribution in [3.8, 4) is 16.9 Å².